The summed E-state index contributed by atoms with van der Waals surface area (Å²) in [6, 6.07) is 0.652. The Balaban J connectivity index is 2.04. The van der Waals surface area contributed by atoms with E-state index in [0.29, 0.717) is 6.04 Å². The maximum atomic E-state index is 5.38. The van der Waals surface area contributed by atoms with Crippen LogP contribution in [-0.4, -0.2) is 49.8 Å². The second-order valence-corrected chi connectivity index (χ2v) is 5.53. The maximum absolute atomic E-state index is 5.38. The number of likely N-dealkylation sites (N-methyl/N-ethyl adjacent to an activating group) is 1. The molecule has 1 fully saturated rings. The lowest BCUT2D eigenvalue weighted by atomic mass is 10.1. The van der Waals surface area contributed by atoms with E-state index in [1.165, 1.54) is 12.8 Å². The fraction of sp³-hybridized carbons (Fsp3) is 1.00. The van der Waals surface area contributed by atoms with Crippen LogP contribution in [0.2, 0.25) is 0 Å². The molecule has 15 heavy (non-hydrogen) atoms. The Hall–Kier alpha value is -0.120. The molecule has 0 bridgehead atoms. The molecule has 0 aromatic heterocycles. The van der Waals surface area contributed by atoms with E-state index in [1.807, 2.05) is 0 Å². The highest BCUT2D eigenvalue weighted by Crippen LogP contribution is 2.10. The second kappa shape index (κ2) is 5.83. The standard InChI is InChI=1S/C12H26N2O/c1-12(2,3)13-7-5-8-14(4)11-6-9-15-10-11/h11,13H,5-10H2,1-4H3. The average Bonchev–Trinajstić information content (AvgIpc) is 2.63. The molecule has 1 unspecified atom stereocenters. The lowest BCUT2D eigenvalue weighted by molar-refractivity contribution is 0.158. The van der Waals surface area contributed by atoms with Crippen molar-refractivity contribution < 1.29 is 4.74 Å². The summed E-state index contributed by atoms with van der Waals surface area (Å²) in [6.45, 7) is 10.8. The van der Waals surface area contributed by atoms with Crippen LogP contribution >= 0.6 is 0 Å². The first kappa shape index (κ1) is 12.9. The Bertz CT molecular complexity index is 171. The summed E-state index contributed by atoms with van der Waals surface area (Å²) in [5, 5.41) is 3.51. The third-order valence-corrected chi connectivity index (χ3v) is 2.87. The maximum Gasteiger partial charge on any atom is 0.0622 e. The zero-order valence-corrected chi connectivity index (χ0v) is 10.7. The number of hydrogen-bond acceptors (Lipinski definition) is 3. The zero-order chi connectivity index (χ0) is 11.3. The molecular formula is C12H26N2O. The molecule has 0 aliphatic carbocycles. The smallest absolute Gasteiger partial charge is 0.0622 e. The summed E-state index contributed by atoms with van der Waals surface area (Å²) in [7, 11) is 2.20. The molecule has 0 spiro atoms. The number of rotatable bonds is 5. The molecule has 0 aromatic rings. The van der Waals surface area contributed by atoms with E-state index in [-0.39, 0.29) is 5.54 Å². The molecule has 90 valence electrons. The summed E-state index contributed by atoms with van der Waals surface area (Å²) in [5.41, 5.74) is 0.245. The van der Waals surface area contributed by atoms with Crippen LogP contribution in [0, 0.1) is 0 Å². The van der Waals surface area contributed by atoms with Gasteiger partial charge in [0.2, 0.25) is 0 Å². The van der Waals surface area contributed by atoms with Gasteiger partial charge in [-0.3, -0.25) is 0 Å². The molecule has 3 nitrogen and oxygen atoms in total. The van der Waals surface area contributed by atoms with Gasteiger partial charge in [-0.05, 0) is 53.8 Å². The fourth-order valence-electron chi connectivity index (χ4n) is 1.84. The summed E-state index contributed by atoms with van der Waals surface area (Å²) >= 11 is 0. The molecule has 1 aliphatic rings. The van der Waals surface area contributed by atoms with Gasteiger partial charge in [0.05, 0.1) is 6.61 Å². The lowest BCUT2D eigenvalue weighted by Crippen LogP contribution is -2.39. The summed E-state index contributed by atoms with van der Waals surface area (Å²) in [4.78, 5) is 2.43. The molecule has 0 aromatic carbocycles. The van der Waals surface area contributed by atoms with Crippen LogP contribution in [0.1, 0.15) is 33.6 Å². The van der Waals surface area contributed by atoms with E-state index < -0.39 is 0 Å². The summed E-state index contributed by atoms with van der Waals surface area (Å²) in [6.07, 6.45) is 2.41. The summed E-state index contributed by atoms with van der Waals surface area (Å²) < 4.78 is 5.38. The van der Waals surface area contributed by atoms with E-state index >= 15 is 0 Å². The molecule has 1 aliphatic heterocycles. The Morgan fingerprint density at radius 1 is 1.40 bits per heavy atom. The van der Waals surface area contributed by atoms with Gasteiger partial charge in [-0.2, -0.15) is 0 Å². The normalized spacial score (nSPS) is 22.6. The van der Waals surface area contributed by atoms with Crippen molar-refractivity contribution in [1.82, 2.24) is 10.2 Å². The number of ether oxygens (including phenoxy) is 1. The third kappa shape index (κ3) is 5.50. The Morgan fingerprint density at radius 3 is 2.67 bits per heavy atom. The Kier molecular flexibility index (Phi) is 5.03. The van der Waals surface area contributed by atoms with Crippen LogP contribution in [0.15, 0.2) is 0 Å². The minimum atomic E-state index is 0.245. The van der Waals surface area contributed by atoms with E-state index in [4.69, 9.17) is 4.74 Å². The van der Waals surface area contributed by atoms with Gasteiger partial charge in [0.15, 0.2) is 0 Å². The average molecular weight is 214 g/mol. The highest BCUT2D eigenvalue weighted by molar-refractivity contribution is 4.74. The van der Waals surface area contributed by atoms with Gasteiger partial charge in [0, 0.05) is 18.2 Å². The number of hydrogen-bond donors (Lipinski definition) is 1. The van der Waals surface area contributed by atoms with E-state index in [2.05, 4.69) is 38.0 Å². The number of nitrogens with zero attached hydrogens (tertiary/aromatic N) is 1. The molecule has 0 saturated carbocycles. The van der Waals surface area contributed by atoms with Crippen LogP contribution in [0.3, 0.4) is 0 Å². The zero-order valence-electron chi connectivity index (χ0n) is 10.7. The van der Waals surface area contributed by atoms with Gasteiger partial charge >= 0.3 is 0 Å². The van der Waals surface area contributed by atoms with Gasteiger partial charge in [-0.25, -0.2) is 0 Å². The molecule has 1 saturated heterocycles. The van der Waals surface area contributed by atoms with Crippen molar-refractivity contribution in [2.24, 2.45) is 0 Å². The fourth-order valence-corrected chi connectivity index (χ4v) is 1.84. The molecule has 1 atom stereocenters. The van der Waals surface area contributed by atoms with Crippen molar-refractivity contribution in [2.75, 3.05) is 33.4 Å². The van der Waals surface area contributed by atoms with Crippen molar-refractivity contribution in [2.45, 2.75) is 45.2 Å². The topological polar surface area (TPSA) is 24.5 Å². The third-order valence-electron chi connectivity index (χ3n) is 2.87. The van der Waals surface area contributed by atoms with E-state index in [0.717, 1.165) is 26.3 Å². The minimum absolute atomic E-state index is 0.245. The van der Waals surface area contributed by atoms with Crippen molar-refractivity contribution in [1.29, 1.82) is 0 Å². The first-order chi connectivity index (χ1) is 6.99. The highest BCUT2D eigenvalue weighted by atomic mass is 16.5. The van der Waals surface area contributed by atoms with Gasteiger partial charge in [-0.15, -0.1) is 0 Å². The van der Waals surface area contributed by atoms with Crippen LogP contribution in [-0.2, 0) is 4.74 Å². The van der Waals surface area contributed by atoms with Gasteiger partial charge in [-0.1, -0.05) is 0 Å². The first-order valence-corrected chi connectivity index (χ1v) is 6.02. The minimum Gasteiger partial charge on any atom is -0.380 e. The highest BCUT2D eigenvalue weighted by Gasteiger charge is 2.19. The van der Waals surface area contributed by atoms with Crippen LogP contribution in [0.25, 0.3) is 0 Å². The second-order valence-electron chi connectivity index (χ2n) is 5.53. The summed E-state index contributed by atoms with van der Waals surface area (Å²) in [5.74, 6) is 0. The van der Waals surface area contributed by atoms with Gasteiger partial charge in [0.1, 0.15) is 0 Å². The van der Waals surface area contributed by atoms with Crippen molar-refractivity contribution in [3.05, 3.63) is 0 Å². The van der Waals surface area contributed by atoms with E-state index in [1.54, 1.807) is 0 Å². The Labute approximate surface area is 94.2 Å². The Morgan fingerprint density at radius 2 is 2.13 bits per heavy atom. The van der Waals surface area contributed by atoms with Gasteiger partial charge in [0.25, 0.3) is 0 Å². The largest absolute Gasteiger partial charge is 0.380 e. The lowest BCUT2D eigenvalue weighted by Gasteiger charge is -2.24. The van der Waals surface area contributed by atoms with Crippen LogP contribution < -0.4 is 5.32 Å². The quantitative estimate of drug-likeness (QED) is 0.702. The molecule has 0 amide bonds. The molecule has 1 rings (SSSR count). The monoisotopic (exact) mass is 214 g/mol. The predicted octanol–water partition coefficient (Wildman–Crippen LogP) is 1.49. The predicted molar refractivity (Wildman–Crippen MR) is 64.2 cm³/mol. The van der Waals surface area contributed by atoms with Gasteiger partial charge < -0.3 is 15.0 Å². The molecule has 1 heterocycles. The van der Waals surface area contributed by atoms with Crippen LogP contribution in [0.4, 0.5) is 0 Å². The van der Waals surface area contributed by atoms with Crippen molar-refractivity contribution >= 4 is 0 Å². The van der Waals surface area contributed by atoms with Crippen molar-refractivity contribution in [3.8, 4) is 0 Å². The molecule has 1 N–H and O–H groups in total. The SMILES string of the molecule is CN(CCCNC(C)(C)C)C1CCOC1. The first-order valence-electron chi connectivity index (χ1n) is 6.02. The van der Waals surface area contributed by atoms with E-state index in [9.17, 15) is 0 Å². The molecule has 3 heteroatoms. The van der Waals surface area contributed by atoms with Crippen molar-refractivity contribution in [3.63, 3.8) is 0 Å². The molecule has 0 radical (unpaired) electrons. The molecular weight excluding hydrogens is 188 g/mol. The number of nitrogens with one attached hydrogen (secondary N) is 1. The van der Waals surface area contributed by atoms with Crippen LogP contribution in [0.5, 0.6) is 0 Å².